The lowest BCUT2D eigenvalue weighted by atomic mass is 10.1. The Morgan fingerprint density at radius 3 is 2.25 bits per heavy atom. The maximum absolute atomic E-state index is 12.3. The van der Waals surface area contributed by atoms with E-state index in [1.54, 1.807) is 38.1 Å². The van der Waals surface area contributed by atoms with Crippen molar-refractivity contribution in [2.75, 3.05) is 5.33 Å². The molecule has 0 bridgehead atoms. The molecule has 0 saturated heterocycles. The van der Waals surface area contributed by atoms with Crippen LogP contribution in [0.1, 0.15) is 26.7 Å². The molecule has 0 unspecified atom stereocenters. The van der Waals surface area contributed by atoms with Gasteiger partial charge in [-0.15, -0.1) is 0 Å². The molecular weight excluding hydrogens is 288 g/mol. The van der Waals surface area contributed by atoms with Gasteiger partial charge in [-0.1, -0.05) is 34.1 Å². The van der Waals surface area contributed by atoms with E-state index in [2.05, 4.69) is 15.9 Å². The van der Waals surface area contributed by atoms with Crippen LogP contribution in [0.25, 0.3) is 0 Å². The number of rotatable bonds is 5. The molecule has 1 rings (SSSR count). The average molecular weight is 305 g/mol. The summed E-state index contributed by atoms with van der Waals surface area (Å²) >= 11 is 3.33. The first-order chi connectivity index (χ1) is 7.42. The monoisotopic (exact) mass is 304 g/mol. The van der Waals surface area contributed by atoms with Crippen molar-refractivity contribution >= 4 is 25.8 Å². The Morgan fingerprint density at radius 2 is 1.75 bits per heavy atom. The van der Waals surface area contributed by atoms with Gasteiger partial charge in [0, 0.05) is 5.33 Å². The second-order valence-electron chi connectivity index (χ2n) is 4.37. The third-order valence-electron chi connectivity index (χ3n) is 2.69. The fourth-order valence-electron chi connectivity index (χ4n) is 1.55. The molecule has 0 radical (unpaired) electrons. The fraction of sp³-hybridized carbons (Fsp3) is 0.500. The predicted molar refractivity (Wildman–Crippen MR) is 70.7 cm³/mol. The number of hydrogen-bond donors (Lipinski definition) is 0. The highest BCUT2D eigenvalue weighted by Gasteiger charge is 2.34. The maximum Gasteiger partial charge on any atom is 0.183 e. The van der Waals surface area contributed by atoms with Gasteiger partial charge in [-0.05, 0) is 38.8 Å². The molecule has 0 N–H and O–H groups in total. The molecule has 0 aromatic heterocycles. The molecule has 0 atom stereocenters. The molecule has 0 aliphatic carbocycles. The number of alkyl halides is 1. The third-order valence-corrected chi connectivity index (χ3v) is 5.81. The highest BCUT2D eigenvalue weighted by molar-refractivity contribution is 9.09. The molecular formula is C12H17BrO2S. The van der Waals surface area contributed by atoms with E-state index >= 15 is 0 Å². The van der Waals surface area contributed by atoms with E-state index in [1.165, 1.54) is 0 Å². The van der Waals surface area contributed by atoms with Crippen LogP contribution in [0, 0.1) is 0 Å². The lowest BCUT2D eigenvalue weighted by molar-refractivity contribution is 0.524. The predicted octanol–water partition coefficient (Wildman–Crippen LogP) is 3.41. The summed E-state index contributed by atoms with van der Waals surface area (Å²) in [6, 6.07) is 8.65. The third kappa shape index (κ3) is 2.86. The summed E-state index contributed by atoms with van der Waals surface area (Å²) in [7, 11) is -3.23. The smallest absolute Gasteiger partial charge is 0.183 e. The molecule has 2 nitrogen and oxygen atoms in total. The van der Waals surface area contributed by atoms with Gasteiger partial charge in [0.25, 0.3) is 0 Å². The highest BCUT2D eigenvalue weighted by atomic mass is 79.9. The van der Waals surface area contributed by atoms with Gasteiger partial charge in [0.2, 0.25) is 0 Å². The van der Waals surface area contributed by atoms with Gasteiger partial charge >= 0.3 is 0 Å². The summed E-state index contributed by atoms with van der Waals surface area (Å²) in [4.78, 5) is 0.412. The molecule has 16 heavy (non-hydrogen) atoms. The Morgan fingerprint density at radius 1 is 1.19 bits per heavy atom. The summed E-state index contributed by atoms with van der Waals surface area (Å²) in [5.41, 5.74) is 0. The van der Waals surface area contributed by atoms with Crippen molar-refractivity contribution in [3.8, 4) is 0 Å². The molecule has 1 aromatic carbocycles. The van der Waals surface area contributed by atoms with Crippen LogP contribution in [-0.2, 0) is 9.84 Å². The summed E-state index contributed by atoms with van der Waals surface area (Å²) in [6.45, 7) is 3.58. The molecule has 0 fully saturated rings. The first-order valence-corrected chi connectivity index (χ1v) is 7.88. The van der Waals surface area contributed by atoms with Gasteiger partial charge in [-0.3, -0.25) is 0 Å². The van der Waals surface area contributed by atoms with Crippen molar-refractivity contribution in [1.29, 1.82) is 0 Å². The van der Waals surface area contributed by atoms with Gasteiger partial charge < -0.3 is 0 Å². The Hall–Kier alpha value is -0.350. The summed E-state index contributed by atoms with van der Waals surface area (Å²) in [5, 5.41) is 0.834. The molecule has 4 heteroatoms. The van der Waals surface area contributed by atoms with Gasteiger partial charge in [0.1, 0.15) is 0 Å². The van der Waals surface area contributed by atoms with Crippen LogP contribution in [0.2, 0.25) is 0 Å². The van der Waals surface area contributed by atoms with Crippen LogP contribution < -0.4 is 0 Å². The minimum atomic E-state index is -3.23. The molecule has 0 heterocycles. The topological polar surface area (TPSA) is 34.1 Å². The molecule has 0 aliphatic heterocycles. The lowest BCUT2D eigenvalue weighted by Crippen LogP contribution is -2.32. The number of hydrogen-bond acceptors (Lipinski definition) is 2. The van der Waals surface area contributed by atoms with E-state index in [0.717, 1.165) is 11.8 Å². The first-order valence-electron chi connectivity index (χ1n) is 5.27. The van der Waals surface area contributed by atoms with Crippen LogP contribution in [0.15, 0.2) is 35.2 Å². The van der Waals surface area contributed by atoms with Gasteiger partial charge in [-0.2, -0.15) is 0 Å². The van der Waals surface area contributed by atoms with Crippen LogP contribution in [0.4, 0.5) is 0 Å². The zero-order chi connectivity index (χ0) is 12.2. The summed E-state index contributed by atoms with van der Waals surface area (Å²) < 4.78 is 24.0. The standard InChI is InChI=1S/C12H17BrO2S/c1-12(2,9-6-10-13)16(14,15)11-7-4-3-5-8-11/h3-5,7-8H,6,9-10H2,1-2H3. The quantitative estimate of drug-likeness (QED) is 0.781. The van der Waals surface area contributed by atoms with E-state index in [9.17, 15) is 8.42 Å². The normalized spacial score (nSPS) is 12.7. The molecule has 0 spiro atoms. The van der Waals surface area contributed by atoms with E-state index in [0.29, 0.717) is 11.3 Å². The Kier molecular flexibility index (Phi) is 4.56. The van der Waals surface area contributed by atoms with Crippen molar-refractivity contribution < 1.29 is 8.42 Å². The van der Waals surface area contributed by atoms with Crippen molar-refractivity contribution in [3.63, 3.8) is 0 Å². The molecule has 1 aromatic rings. The van der Waals surface area contributed by atoms with Gasteiger partial charge in [0.15, 0.2) is 9.84 Å². The number of benzene rings is 1. The minimum absolute atomic E-state index is 0.412. The van der Waals surface area contributed by atoms with Crippen molar-refractivity contribution in [2.45, 2.75) is 36.3 Å². The zero-order valence-corrected chi connectivity index (χ0v) is 12.0. The zero-order valence-electron chi connectivity index (χ0n) is 9.61. The van der Waals surface area contributed by atoms with E-state index < -0.39 is 14.6 Å². The van der Waals surface area contributed by atoms with Crippen molar-refractivity contribution in [2.24, 2.45) is 0 Å². The first kappa shape index (κ1) is 13.7. The van der Waals surface area contributed by atoms with Crippen LogP contribution >= 0.6 is 15.9 Å². The maximum atomic E-state index is 12.3. The van der Waals surface area contributed by atoms with Crippen LogP contribution in [0.3, 0.4) is 0 Å². The summed E-state index contributed by atoms with van der Waals surface area (Å²) in [5.74, 6) is 0. The van der Waals surface area contributed by atoms with Crippen LogP contribution in [-0.4, -0.2) is 18.5 Å². The average Bonchev–Trinajstić information content (AvgIpc) is 2.27. The molecule has 0 aliphatic rings. The Balaban J connectivity index is 3.02. The number of sulfone groups is 1. The second-order valence-corrected chi connectivity index (χ2v) is 7.75. The Labute approximate surface area is 106 Å². The number of halogens is 1. The van der Waals surface area contributed by atoms with E-state index in [1.807, 2.05) is 6.07 Å². The molecule has 0 saturated carbocycles. The van der Waals surface area contributed by atoms with E-state index in [-0.39, 0.29) is 0 Å². The second kappa shape index (κ2) is 5.32. The van der Waals surface area contributed by atoms with Crippen molar-refractivity contribution in [1.82, 2.24) is 0 Å². The minimum Gasteiger partial charge on any atom is -0.223 e. The SMILES string of the molecule is CC(C)(CCCBr)S(=O)(=O)c1ccccc1. The van der Waals surface area contributed by atoms with Crippen molar-refractivity contribution in [3.05, 3.63) is 30.3 Å². The van der Waals surface area contributed by atoms with Gasteiger partial charge in [-0.25, -0.2) is 8.42 Å². The summed E-state index contributed by atoms with van der Waals surface area (Å²) in [6.07, 6.45) is 1.52. The largest absolute Gasteiger partial charge is 0.223 e. The highest BCUT2D eigenvalue weighted by Crippen LogP contribution is 2.29. The van der Waals surface area contributed by atoms with Crippen LogP contribution in [0.5, 0.6) is 0 Å². The molecule has 0 amide bonds. The Bertz CT molecular complexity index is 424. The van der Waals surface area contributed by atoms with E-state index in [4.69, 9.17) is 0 Å². The lowest BCUT2D eigenvalue weighted by Gasteiger charge is -2.24. The fourth-order valence-corrected chi connectivity index (χ4v) is 3.39. The van der Waals surface area contributed by atoms with Gasteiger partial charge in [0.05, 0.1) is 9.64 Å². The molecule has 90 valence electrons.